The van der Waals surface area contributed by atoms with Crippen LogP contribution in [0.4, 0.5) is 0 Å². The first kappa shape index (κ1) is 12.1. The number of carbonyl (C=O) groups is 1. The molecule has 96 valence electrons. The van der Waals surface area contributed by atoms with Gasteiger partial charge in [0.25, 0.3) is 5.91 Å². The Bertz CT molecular complexity index is 451. The normalized spacial score (nSPS) is 26.4. The van der Waals surface area contributed by atoms with Gasteiger partial charge in [-0.1, -0.05) is 12.1 Å². The molecular formula is C14H18N2OS. The molecule has 0 aromatic heterocycles. The van der Waals surface area contributed by atoms with Gasteiger partial charge in [0.15, 0.2) is 0 Å². The maximum atomic E-state index is 12.5. The van der Waals surface area contributed by atoms with Crippen molar-refractivity contribution in [3.05, 3.63) is 29.8 Å². The summed E-state index contributed by atoms with van der Waals surface area (Å²) < 4.78 is 0. The summed E-state index contributed by atoms with van der Waals surface area (Å²) in [5.74, 6) is 1.53. The minimum absolute atomic E-state index is 0.203. The number of amides is 1. The van der Waals surface area contributed by atoms with Crippen LogP contribution in [0.15, 0.2) is 29.2 Å². The lowest BCUT2D eigenvalue weighted by atomic mass is 10.0. The average molecular weight is 262 g/mol. The summed E-state index contributed by atoms with van der Waals surface area (Å²) in [6.07, 6.45) is 2.02. The average Bonchev–Trinajstić information content (AvgIpc) is 2.98. The summed E-state index contributed by atoms with van der Waals surface area (Å²) in [7, 11) is 0. The Hall–Kier alpha value is -1.00. The number of carbonyl (C=O) groups excluding carboxylic acids is 1. The molecule has 0 saturated carbocycles. The number of rotatable bonds is 2. The lowest BCUT2D eigenvalue weighted by Gasteiger charge is -2.18. The number of thioether (sulfide) groups is 1. The predicted octanol–water partition coefficient (Wildman–Crippen LogP) is 1.70. The second kappa shape index (κ2) is 4.94. The minimum Gasteiger partial charge on any atom is -0.338 e. The number of fused-ring (bicyclic) bond motifs is 1. The smallest absolute Gasteiger partial charge is 0.255 e. The number of nitrogens with zero attached hydrogens (tertiary/aromatic N) is 1. The van der Waals surface area contributed by atoms with Gasteiger partial charge in [-0.05, 0) is 30.2 Å². The molecule has 0 aliphatic carbocycles. The van der Waals surface area contributed by atoms with E-state index in [2.05, 4.69) is 5.32 Å². The van der Waals surface area contributed by atoms with Gasteiger partial charge < -0.3 is 10.2 Å². The summed E-state index contributed by atoms with van der Waals surface area (Å²) in [5, 5.41) is 3.40. The molecule has 0 unspecified atom stereocenters. The van der Waals surface area contributed by atoms with Crippen molar-refractivity contribution in [2.45, 2.75) is 4.90 Å². The van der Waals surface area contributed by atoms with E-state index < -0.39 is 0 Å². The molecule has 2 aliphatic heterocycles. The molecule has 1 amide bonds. The van der Waals surface area contributed by atoms with Crippen molar-refractivity contribution < 1.29 is 4.79 Å². The molecule has 0 spiro atoms. The van der Waals surface area contributed by atoms with Crippen molar-refractivity contribution in [2.24, 2.45) is 11.8 Å². The zero-order chi connectivity index (χ0) is 12.5. The third-order valence-electron chi connectivity index (χ3n) is 4.01. The molecule has 2 saturated heterocycles. The fourth-order valence-corrected chi connectivity index (χ4v) is 3.60. The van der Waals surface area contributed by atoms with E-state index in [0.717, 1.165) is 36.6 Å². The van der Waals surface area contributed by atoms with E-state index >= 15 is 0 Å². The van der Waals surface area contributed by atoms with Crippen LogP contribution in [0.25, 0.3) is 0 Å². The number of hydrogen-bond donors (Lipinski definition) is 1. The van der Waals surface area contributed by atoms with Crippen LogP contribution < -0.4 is 5.32 Å². The van der Waals surface area contributed by atoms with Crippen molar-refractivity contribution >= 4 is 17.7 Å². The topological polar surface area (TPSA) is 32.3 Å². The molecule has 1 aromatic rings. The summed E-state index contributed by atoms with van der Waals surface area (Å²) in [6.45, 7) is 3.97. The fourth-order valence-electron chi connectivity index (χ4n) is 3.01. The van der Waals surface area contributed by atoms with Crippen LogP contribution in [0, 0.1) is 11.8 Å². The highest BCUT2D eigenvalue weighted by molar-refractivity contribution is 7.98. The predicted molar refractivity (Wildman–Crippen MR) is 74.0 cm³/mol. The van der Waals surface area contributed by atoms with Crippen LogP contribution in [0.2, 0.25) is 0 Å². The van der Waals surface area contributed by atoms with E-state index in [1.807, 2.05) is 35.4 Å². The van der Waals surface area contributed by atoms with Gasteiger partial charge in [-0.15, -0.1) is 11.8 Å². The number of hydrogen-bond acceptors (Lipinski definition) is 3. The number of benzene rings is 1. The van der Waals surface area contributed by atoms with Gasteiger partial charge in [0.2, 0.25) is 0 Å². The van der Waals surface area contributed by atoms with E-state index in [4.69, 9.17) is 0 Å². The van der Waals surface area contributed by atoms with Crippen molar-refractivity contribution in [2.75, 3.05) is 32.4 Å². The van der Waals surface area contributed by atoms with E-state index in [1.165, 1.54) is 0 Å². The van der Waals surface area contributed by atoms with Crippen LogP contribution >= 0.6 is 11.8 Å². The molecule has 2 heterocycles. The van der Waals surface area contributed by atoms with E-state index in [1.54, 1.807) is 11.8 Å². The van der Waals surface area contributed by atoms with E-state index in [-0.39, 0.29) is 5.91 Å². The standard InChI is InChI=1S/C14H18N2OS/c1-18-13-5-3-2-4-12(13)14(17)16-8-10-6-15-7-11(10)9-16/h2-5,10-11,15H,6-9H2,1H3/t10-,11+. The Labute approximate surface area is 112 Å². The molecule has 4 heteroatoms. The molecule has 2 aliphatic rings. The fraction of sp³-hybridized carbons (Fsp3) is 0.500. The van der Waals surface area contributed by atoms with Gasteiger partial charge in [0, 0.05) is 31.1 Å². The van der Waals surface area contributed by atoms with Gasteiger partial charge in [-0.3, -0.25) is 4.79 Å². The van der Waals surface area contributed by atoms with Gasteiger partial charge in [0.1, 0.15) is 0 Å². The molecule has 1 N–H and O–H groups in total. The molecule has 1 aromatic carbocycles. The molecule has 2 atom stereocenters. The Kier molecular flexibility index (Phi) is 3.31. The van der Waals surface area contributed by atoms with E-state index in [0.29, 0.717) is 11.8 Å². The molecule has 2 fully saturated rings. The lowest BCUT2D eigenvalue weighted by molar-refractivity contribution is 0.0778. The van der Waals surface area contributed by atoms with Crippen molar-refractivity contribution in [3.8, 4) is 0 Å². The Balaban J connectivity index is 1.79. The molecule has 0 bridgehead atoms. The zero-order valence-electron chi connectivity index (χ0n) is 10.6. The molecule has 18 heavy (non-hydrogen) atoms. The first-order valence-electron chi connectivity index (χ1n) is 6.42. The minimum atomic E-state index is 0.203. The molecule has 3 rings (SSSR count). The zero-order valence-corrected chi connectivity index (χ0v) is 11.4. The molecule has 3 nitrogen and oxygen atoms in total. The summed E-state index contributed by atoms with van der Waals surface area (Å²) in [6, 6.07) is 7.91. The summed E-state index contributed by atoms with van der Waals surface area (Å²) in [4.78, 5) is 15.7. The lowest BCUT2D eigenvalue weighted by Crippen LogP contribution is -2.32. The third-order valence-corrected chi connectivity index (χ3v) is 4.81. The van der Waals surface area contributed by atoms with Crippen molar-refractivity contribution in [1.82, 2.24) is 10.2 Å². The van der Waals surface area contributed by atoms with Gasteiger partial charge in [0.05, 0.1) is 5.56 Å². The Morgan fingerprint density at radius 1 is 1.28 bits per heavy atom. The first-order chi connectivity index (χ1) is 8.79. The van der Waals surface area contributed by atoms with Crippen LogP contribution in [-0.2, 0) is 0 Å². The van der Waals surface area contributed by atoms with Gasteiger partial charge in [-0.2, -0.15) is 0 Å². The maximum absolute atomic E-state index is 12.5. The Morgan fingerprint density at radius 2 is 1.94 bits per heavy atom. The number of nitrogens with one attached hydrogen (secondary N) is 1. The van der Waals surface area contributed by atoms with Crippen LogP contribution in [-0.4, -0.2) is 43.2 Å². The quantitative estimate of drug-likeness (QED) is 0.823. The second-order valence-electron chi connectivity index (χ2n) is 5.09. The molecular weight excluding hydrogens is 244 g/mol. The maximum Gasteiger partial charge on any atom is 0.255 e. The van der Waals surface area contributed by atoms with Gasteiger partial charge >= 0.3 is 0 Å². The summed E-state index contributed by atoms with van der Waals surface area (Å²) in [5.41, 5.74) is 0.859. The summed E-state index contributed by atoms with van der Waals surface area (Å²) >= 11 is 1.64. The van der Waals surface area contributed by atoms with Crippen LogP contribution in [0.5, 0.6) is 0 Å². The van der Waals surface area contributed by atoms with Gasteiger partial charge in [-0.25, -0.2) is 0 Å². The largest absolute Gasteiger partial charge is 0.338 e. The second-order valence-corrected chi connectivity index (χ2v) is 5.94. The van der Waals surface area contributed by atoms with E-state index in [9.17, 15) is 4.79 Å². The highest BCUT2D eigenvalue weighted by atomic mass is 32.2. The van der Waals surface area contributed by atoms with Crippen molar-refractivity contribution in [3.63, 3.8) is 0 Å². The highest BCUT2D eigenvalue weighted by Crippen LogP contribution is 2.29. The van der Waals surface area contributed by atoms with Crippen LogP contribution in [0.3, 0.4) is 0 Å². The molecule has 0 radical (unpaired) electrons. The monoisotopic (exact) mass is 262 g/mol. The highest BCUT2D eigenvalue weighted by Gasteiger charge is 2.38. The first-order valence-corrected chi connectivity index (χ1v) is 7.65. The van der Waals surface area contributed by atoms with Crippen LogP contribution in [0.1, 0.15) is 10.4 Å². The number of likely N-dealkylation sites (tertiary alicyclic amines) is 1. The Morgan fingerprint density at radius 3 is 2.61 bits per heavy atom. The third kappa shape index (κ3) is 2.04. The van der Waals surface area contributed by atoms with Crippen molar-refractivity contribution in [1.29, 1.82) is 0 Å². The SMILES string of the molecule is CSc1ccccc1C(=O)N1C[C@H]2CNC[C@H]2C1.